The van der Waals surface area contributed by atoms with Gasteiger partial charge < -0.3 is 19.1 Å². The van der Waals surface area contributed by atoms with Crippen molar-refractivity contribution in [2.24, 2.45) is 0 Å². The van der Waals surface area contributed by atoms with Crippen LogP contribution in [0.3, 0.4) is 0 Å². The van der Waals surface area contributed by atoms with Crippen molar-refractivity contribution in [2.45, 2.75) is 103 Å². The van der Waals surface area contributed by atoms with E-state index in [-0.39, 0.29) is 78.7 Å². The van der Waals surface area contributed by atoms with Crippen LogP contribution in [0.15, 0.2) is 18.2 Å². The van der Waals surface area contributed by atoms with E-state index in [1.807, 2.05) is 37.6 Å². The number of benzene rings is 2. The van der Waals surface area contributed by atoms with Crippen LogP contribution in [0.5, 0.6) is 6.01 Å². The lowest BCUT2D eigenvalue weighted by Gasteiger charge is -2.42. The average molecular weight is 810 g/mol. The van der Waals surface area contributed by atoms with Crippen LogP contribution in [0, 0.1) is 23.0 Å². The number of carbonyl (C=O) groups is 2. The number of likely N-dealkylation sites (N-methyl/N-ethyl adjacent to an activating group) is 1. The second kappa shape index (κ2) is 14.5. The summed E-state index contributed by atoms with van der Waals surface area (Å²) >= 11 is 7.83. The minimum Gasteiger partial charge on any atom is -0.461 e. The first-order valence-electron chi connectivity index (χ1n) is 18.7. The van der Waals surface area contributed by atoms with Crippen LogP contribution in [-0.2, 0) is 9.47 Å². The molecule has 0 spiro atoms. The molecule has 0 saturated carbocycles. The quantitative estimate of drug-likeness (QED) is 0.201. The molecule has 0 aliphatic carbocycles. The van der Waals surface area contributed by atoms with Gasteiger partial charge in [-0.05, 0) is 105 Å². The topological polar surface area (TPSA) is 133 Å². The van der Waals surface area contributed by atoms with E-state index in [0.29, 0.717) is 24.3 Å². The van der Waals surface area contributed by atoms with Gasteiger partial charge in [0.15, 0.2) is 5.82 Å². The molecule has 2 aromatic heterocycles. The van der Waals surface area contributed by atoms with Gasteiger partial charge in [0.25, 0.3) is 0 Å². The number of piperazine rings is 1. The Morgan fingerprint density at radius 3 is 2.38 bits per heavy atom. The number of thiophene rings is 1. The van der Waals surface area contributed by atoms with E-state index in [2.05, 4.69) is 28.2 Å². The van der Waals surface area contributed by atoms with Crippen molar-refractivity contribution in [1.29, 1.82) is 5.26 Å². The molecule has 3 fully saturated rings. The third-order valence-corrected chi connectivity index (χ3v) is 12.1. The standard InChI is InChI=1S/C40H46ClF2N7O5S/c1-38(2,3)54-36(51)47-34-25(17-44)28-23(12-13-27(42)32(28)56-34)29-26(41)16-24-31(30(29)43)45-35(53-20-40(7)14-9-15-48(40)8)46-33(24)49-18-21-10-11-22(19-49)50(21)37(52)55-39(4,5)6/h12-13,16,21-22H,9-11,14-15,18-20H2,1-8H3,(H,47,51)/t21?,22?,40-/m0/s1. The van der Waals surface area contributed by atoms with Gasteiger partial charge in [-0.1, -0.05) is 17.7 Å². The van der Waals surface area contributed by atoms with Crippen molar-refractivity contribution >= 4 is 66.9 Å². The summed E-state index contributed by atoms with van der Waals surface area (Å²) in [5.41, 5.74) is -1.86. The van der Waals surface area contributed by atoms with Gasteiger partial charge in [0, 0.05) is 29.4 Å². The molecule has 2 amide bonds. The molecule has 1 N–H and O–H groups in total. The molecule has 298 valence electrons. The smallest absolute Gasteiger partial charge is 0.412 e. The zero-order valence-electron chi connectivity index (χ0n) is 32.8. The molecule has 3 saturated heterocycles. The highest BCUT2D eigenvalue weighted by atomic mass is 35.5. The van der Waals surface area contributed by atoms with Gasteiger partial charge in [-0.2, -0.15) is 15.2 Å². The van der Waals surface area contributed by atoms with Crippen LogP contribution in [0.1, 0.15) is 79.7 Å². The number of carbonyl (C=O) groups excluding carboxylic acids is 2. The predicted octanol–water partition coefficient (Wildman–Crippen LogP) is 9.11. The number of halogens is 3. The highest BCUT2D eigenvalue weighted by Gasteiger charge is 2.45. The van der Waals surface area contributed by atoms with E-state index in [1.165, 1.54) is 12.1 Å². The lowest BCUT2D eigenvalue weighted by atomic mass is 9.97. The fourth-order valence-corrected chi connectivity index (χ4v) is 9.29. The maximum atomic E-state index is 17.4. The van der Waals surface area contributed by atoms with E-state index >= 15 is 8.78 Å². The van der Waals surface area contributed by atoms with Gasteiger partial charge in [0.05, 0.1) is 32.9 Å². The van der Waals surface area contributed by atoms with E-state index in [4.69, 9.17) is 30.8 Å². The molecule has 4 aromatic rings. The molecule has 3 aliphatic rings. The molecule has 56 heavy (non-hydrogen) atoms. The normalized spacial score (nSPS) is 21.5. The third-order valence-electron chi connectivity index (χ3n) is 10.7. The number of nitriles is 1. The maximum Gasteiger partial charge on any atom is 0.412 e. The van der Waals surface area contributed by atoms with Gasteiger partial charge in [-0.15, -0.1) is 11.3 Å². The first-order chi connectivity index (χ1) is 26.3. The Morgan fingerprint density at radius 2 is 1.77 bits per heavy atom. The Kier molecular flexibility index (Phi) is 10.2. The Morgan fingerprint density at radius 1 is 1.09 bits per heavy atom. The third kappa shape index (κ3) is 7.51. The fraction of sp³-hybridized carbons (Fsp3) is 0.525. The van der Waals surface area contributed by atoms with Gasteiger partial charge in [0.2, 0.25) is 0 Å². The van der Waals surface area contributed by atoms with Crippen LogP contribution in [-0.4, -0.2) is 94.1 Å². The lowest BCUT2D eigenvalue weighted by molar-refractivity contribution is 0.0122. The number of amides is 2. The van der Waals surface area contributed by atoms with Crippen LogP contribution < -0.4 is 15.0 Å². The fourth-order valence-electron chi connectivity index (χ4n) is 7.93. The van der Waals surface area contributed by atoms with E-state index in [1.54, 1.807) is 26.8 Å². The van der Waals surface area contributed by atoms with E-state index in [9.17, 15) is 14.9 Å². The highest BCUT2D eigenvalue weighted by molar-refractivity contribution is 7.23. The Hall–Kier alpha value is -4.52. The summed E-state index contributed by atoms with van der Waals surface area (Å²) in [4.78, 5) is 41.5. The number of aromatic nitrogens is 2. The molecule has 16 heteroatoms. The molecular formula is C40H46ClF2N7O5S. The van der Waals surface area contributed by atoms with Crippen LogP contribution in [0.2, 0.25) is 5.02 Å². The van der Waals surface area contributed by atoms with Crippen molar-refractivity contribution in [3.05, 3.63) is 40.4 Å². The largest absolute Gasteiger partial charge is 0.461 e. The summed E-state index contributed by atoms with van der Waals surface area (Å²) in [5.74, 6) is -1.07. The van der Waals surface area contributed by atoms with Crippen molar-refractivity contribution in [1.82, 2.24) is 19.8 Å². The first-order valence-corrected chi connectivity index (χ1v) is 19.9. The number of anilines is 2. The predicted molar refractivity (Wildman–Crippen MR) is 213 cm³/mol. The lowest BCUT2D eigenvalue weighted by Crippen LogP contribution is -2.57. The van der Waals surface area contributed by atoms with Crippen molar-refractivity contribution < 1.29 is 32.6 Å². The summed E-state index contributed by atoms with van der Waals surface area (Å²) in [6.45, 7) is 14.7. The molecule has 5 heterocycles. The molecule has 7 rings (SSSR count). The highest BCUT2D eigenvalue weighted by Crippen LogP contribution is 2.47. The summed E-state index contributed by atoms with van der Waals surface area (Å²) in [6.07, 6.45) is 2.26. The summed E-state index contributed by atoms with van der Waals surface area (Å²) in [5, 5.41) is 13.3. The van der Waals surface area contributed by atoms with Crippen LogP contribution in [0.25, 0.3) is 32.1 Å². The second-order valence-electron chi connectivity index (χ2n) is 17.1. The van der Waals surface area contributed by atoms with Gasteiger partial charge >= 0.3 is 18.2 Å². The van der Waals surface area contributed by atoms with Gasteiger partial charge in [-0.3, -0.25) is 15.1 Å². The second-order valence-corrected chi connectivity index (χ2v) is 18.5. The molecule has 3 atom stereocenters. The zero-order chi connectivity index (χ0) is 40.5. The molecule has 0 radical (unpaired) electrons. The number of rotatable bonds is 6. The SMILES string of the molecule is CN1CCC[C@@]1(C)COc1nc(N2CC3CCC(C2)N3C(=O)OC(C)(C)C)c2cc(Cl)c(-c3ccc(F)c4sc(NC(=O)OC(C)(C)C)c(C#N)c34)c(F)c2n1. The van der Waals surface area contributed by atoms with Crippen molar-refractivity contribution in [3.63, 3.8) is 0 Å². The maximum absolute atomic E-state index is 17.4. The minimum absolute atomic E-state index is 0.0198. The molecule has 2 unspecified atom stereocenters. The summed E-state index contributed by atoms with van der Waals surface area (Å²) < 4.78 is 50.3. The number of fused-ring (bicyclic) bond motifs is 4. The average Bonchev–Trinajstić information content (AvgIpc) is 3.72. The number of nitrogens with zero attached hydrogens (tertiary/aromatic N) is 6. The molecular weight excluding hydrogens is 764 g/mol. The van der Waals surface area contributed by atoms with Crippen LogP contribution in [0.4, 0.5) is 29.2 Å². The number of likely N-dealkylation sites (tertiary alicyclic amines) is 1. The number of hydrogen-bond acceptors (Lipinski definition) is 11. The molecule has 12 nitrogen and oxygen atoms in total. The number of hydrogen-bond donors (Lipinski definition) is 1. The molecule has 2 aromatic carbocycles. The summed E-state index contributed by atoms with van der Waals surface area (Å²) in [6, 6.07) is 5.83. The van der Waals surface area contributed by atoms with E-state index < -0.39 is 28.9 Å². The molecule has 2 bridgehead atoms. The summed E-state index contributed by atoms with van der Waals surface area (Å²) in [7, 11) is 2.04. The van der Waals surface area contributed by atoms with Crippen LogP contribution >= 0.6 is 22.9 Å². The van der Waals surface area contributed by atoms with E-state index in [0.717, 1.165) is 43.6 Å². The zero-order valence-corrected chi connectivity index (χ0v) is 34.4. The number of ether oxygens (including phenoxy) is 3. The van der Waals surface area contributed by atoms with Crippen molar-refractivity contribution in [3.8, 4) is 23.2 Å². The number of nitrogens with one attached hydrogen (secondary N) is 1. The molecule has 3 aliphatic heterocycles. The minimum atomic E-state index is -0.828. The monoisotopic (exact) mass is 809 g/mol. The Balaban J connectivity index is 1.34. The van der Waals surface area contributed by atoms with Gasteiger partial charge in [-0.25, -0.2) is 18.4 Å². The van der Waals surface area contributed by atoms with Gasteiger partial charge in [0.1, 0.15) is 46.0 Å². The Labute approximate surface area is 333 Å². The first kappa shape index (κ1) is 39.7. The van der Waals surface area contributed by atoms with Crippen molar-refractivity contribution in [2.75, 3.05) is 43.5 Å². The Bertz CT molecular complexity index is 2270.